The molecule has 0 saturated carbocycles. The van der Waals surface area contributed by atoms with E-state index in [4.69, 9.17) is 4.42 Å². The molecule has 0 atom stereocenters. The van der Waals surface area contributed by atoms with Crippen LogP contribution < -0.4 is 0 Å². The molecule has 7 rings (SSSR count). The van der Waals surface area contributed by atoms with Gasteiger partial charge in [-0.05, 0) is 28.5 Å². The van der Waals surface area contributed by atoms with E-state index in [2.05, 4.69) is 88.2 Å². The van der Waals surface area contributed by atoms with Crippen LogP contribution in [0.2, 0.25) is 0 Å². The van der Waals surface area contributed by atoms with Crippen molar-refractivity contribution < 1.29 is 4.42 Å². The Morgan fingerprint density at radius 3 is 1.59 bits per heavy atom. The van der Waals surface area contributed by atoms with E-state index in [1.54, 1.807) is 0 Å². The average Bonchev–Trinajstić information content (AvgIpc) is 3.36. The number of benzene rings is 5. The molecule has 37 heavy (non-hydrogen) atoms. The average molecular weight is 476 g/mol. The quantitative estimate of drug-likeness (QED) is 0.256. The summed E-state index contributed by atoms with van der Waals surface area (Å²) in [6.07, 6.45) is 0. The van der Waals surface area contributed by atoms with Crippen molar-refractivity contribution in [3.63, 3.8) is 0 Å². The SMILES string of the molecule is c1ccc(-c2ccc3oc4ccccc4c3c2-c2c(-c3ccccc3)nnnc2-c2ccccc2)cc1. The predicted molar refractivity (Wildman–Crippen MR) is 149 cm³/mol. The lowest BCUT2D eigenvalue weighted by molar-refractivity contribution is 0.669. The van der Waals surface area contributed by atoms with Crippen molar-refractivity contribution in [3.05, 3.63) is 127 Å². The highest BCUT2D eigenvalue weighted by atomic mass is 16.3. The second kappa shape index (κ2) is 8.85. The van der Waals surface area contributed by atoms with Crippen molar-refractivity contribution in [2.45, 2.75) is 0 Å². The van der Waals surface area contributed by atoms with Crippen molar-refractivity contribution in [1.82, 2.24) is 15.4 Å². The molecule has 0 spiro atoms. The third kappa shape index (κ3) is 3.58. The Balaban J connectivity index is 1.70. The van der Waals surface area contributed by atoms with Crippen LogP contribution in [0.3, 0.4) is 0 Å². The minimum atomic E-state index is 0.782. The van der Waals surface area contributed by atoms with Gasteiger partial charge in [0.25, 0.3) is 0 Å². The monoisotopic (exact) mass is 475 g/mol. The Bertz CT molecular complexity index is 1800. The summed E-state index contributed by atoms with van der Waals surface area (Å²) in [7, 11) is 0. The van der Waals surface area contributed by atoms with E-state index in [-0.39, 0.29) is 0 Å². The van der Waals surface area contributed by atoms with Gasteiger partial charge in [-0.15, -0.1) is 10.2 Å². The molecule has 0 radical (unpaired) electrons. The Labute approximate surface area is 213 Å². The fraction of sp³-hybridized carbons (Fsp3) is 0. The number of furan rings is 1. The second-order valence-electron chi connectivity index (χ2n) is 8.92. The van der Waals surface area contributed by atoms with Crippen LogP contribution in [0.1, 0.15) is 0 Å². The van der Waals surface area contributed by atoms with Crippen LogP contribution >= 0.6 is 0 Å². The van der Waals surface area contributed by atoms with Crippen LogP contribution in [-0.2, 0) is 0 Å². The van der Waals surface area contributed by atoms with Crippen molar-refractivity contribution in [2.24, 2.45) is 0 Å². The molecule has 4 heteroatoms. The Hall–Kier alpha value is -5.09. The van der Waals surface area contributed by atoms with Crippen LogP contribution in [0.5, 0.6) is 0 Å². The number of hydrogen-bond donors (Lipinski definition) is 0. The van der Waals surface area contributed by atoms with E-state index in [9.17, 15) is 0 Å². The van der Waals surface area contributed by atoms with Crippen LogP contribution in [0.15, 0.2) is 132 Å². The highest BCUT2D eigenvalue weighted by molar-refractivity contribution is 6.18. The first-order valence-corrected chi connectivity index (χ1v) is 12.2. The molecule has 4 nitrogen and oxygen atoms in total. The summed E-state index contributed by atoms with van der Waals surface area (Å²) >= 11 is 0. The van der Waals surface area contributed by atoms with Crippen LogP contribution in [0.25, 0.3) is 66.7 Å². The molecule has 2 aromatic heterocycles. The standard InChI is InChI=1S/C33H21N3O/c1-4-12-22(13-5-1)25-20-21-28-29(26-18-10-11-19-27(26)37-28)30(25)31-32(23-14-6-2-7-15-23)34-36-35-33(31)24-16-8-3-9-17-24/h1-21H. The second-order valence-corrected chi connectivity index (χ2v) is 8.92. The third-order valence-electron chi connectivity index (χ3n) is 6.74. The zero-order chi connectivity index (χ0) is 24.6. The molecule has 0 amide bonds. The van der Waals surface area contributed by atoms with Crippen molar-refractivity contribution in [3.8, 4) is 44.8 Å². The van der Waals surface area contributed by atoms with Gasteiger partial charge in [-0.1, -0.05) is 115 Å². The molecule has 0 saturated heterocycles. The molecular weight excluding hydrogens is 454 g/mol. The van der Waals surface area contributed by atoms with Crippen LogP contribution in [-0.4, -0.2) is 15.4 Å². The molecule has 174 valence electrons. The molecular formula is C33H21N3O. The Kier molecular flexibility index (Phi) is 5.07. The topological polar surface area (TPSA) is 51.8 Å². The van der Waals surface area contributed by atoms with Gasteiger partial charge in [-0.3, -0.25) is 0 Å². The largest absolute Gasteiger partial charge is 0.456 e. The maximum atomic E-state index is 6.34. The van der Waals surface area contributed by atoms with Gasteiger partial charge >= 0.3 is 0 Å². The lowest BCUT2D eigenvalue weighted by Crippen LogP contribution is -2.01. The number of hydrogen-bond acceptors (Lipinski definition) is 4. The zero-order valence-corrected chi connectivity index (χ0v) is 19.9. The minimum Gasteiger partial charge on any atom is -0.456 e. The summed E-state index contributed by atoms with van der Waals surface area (Å²) in [5, 5.41) is 15.6. The summed E-state index contributed by atoms with van der Waals surface area (Å²) in [5.74, 6) is 0. The third-order valence-corrected chi connectivity index (χ3v) is 6.74. The lowest BCUT2D eigenvalue weighted by atomic mass is 9.86. The maximum absolute atomic E-state index is 6.34. The van der Waals surface area contributed by atoms with E-state index < -0.39 is 0 Å². The molecule has 0 aliphatic rings. The fourth-order valence-electron chi connectivity index (χ4n) is 5.09. The Morgan fingerprint density at radius 1 is 0.432 bits per heavy atom. The number of rotatable bonds is 4. The molecule has 2 heterocycles. The van der Waals surface area contributed by atoms with E-state index in [1.165, 1.54) is 0 Å². The predicted octanol–water partition coefficient (Wildman–Crippen LogP) is 8.44. The first-order chi connectivity index (χ1) is 18.4. The molecule has 5 aromatic carbocycles. The summed E-state index contributed by atoms with van der Waals surface area (Å²) in [6, 6.07) is 43.2. The number of para-hydroxylation sites is 1. The van der Waals surface area contributed by atoms with Crippen molar-refractivity contribution >= 4 is 21.9 Å². The molecule has 0 bridgehead atoms. The first-order valence-electron chi connectivity index (χ1n) is 12.2. The van der Waals surface area contributed by atoms with Gasteiger partial charge in [0.2, 0.25) is 0 Å². The summed E-state index contributed by atoms with van der Waals surface area (Å²) in [5.41, 5.74) is 9.36. The van der Waals surface area contributed by atoms with Gasteiger partial charge in [0.15, 0.2) is 0 Å². The van der Waals surface area contributed by atoms with Gasteiger partial charge in [-0.2, -0.15) is 0 Å². The Morgan fingerprint density at radius 2 is 0.973 bits per heavy atom. The van der Waals surface area contributed by atoms with Crippen LogP contribution in [0.4, 0.5) is 0 Å². The molecule has 0 aliphatic heterocycles. The highest BCUT2D eigenvalue weighted by Gasteiger charge is 2.25. The number of fused-ring (bicyclic) bond motifs is 3. The number of nitrogens with zero attached hydrogens (tertiary/aromatic N) is 3. The molecule has 7 aromatic rings. The normalized spacial score (nSPS) is 11.2. The van der Waals surface area contributed by atoms with Gasteiger partial charge in [0, 0.05) is 33.0 Å². The highest BCUT2D eigenvalue weighted by Crippen LogP contribution is 2.47. The maximum Gasteiger partial charge on any atom is 0.136 e. The number of aromatic nitrogens is 3. The summed E-state index contributed by atoms with van der Waals surface area (Å²) < 4.78 is 6.34. The van der Waals surface area contributed by atoms with Gasteiger partial charge in [0.05, 0.1) is 0 Å². The smallest absolute Gasteiger partial charge is 0.136 e. The molecule has 0 aliphatic carbocycles. The van der Waals surface area contributed by atoms with Gasteiger partial charge < -0.3 is 4.42 Å². The first kappa shape index (κ1) is 21.2. The van der Waals surface area contributed by atoms with E-state index >= 15 is 0 Å². The van der Waals surface area contributed by atoms with Gasteiger partial charge in [0.1, 0.15) is 22.6 Å². The van der Waals surface area contributed by atoms with E-state index in [1.807, 2.05) is 54.6 Å². The molecule has 0 fully saturated rings. The van der Waals surface area contributed by atoms with E-state index in [0.29, 0.717) is 0 Å². The fourth-order valence-corrected chi connectivity index (χ4v) is 5.09. The zero-order valence-electron chi connectivity index (χ0n) is 19.9. The molecule has 0 N–H and O–H groups in total. The van der Waals surface area contributed by atoms with E-state index in [0.717, 1.165) is 66.7 Å². The minimum absolute atomic E-state index is 0.782. The van der Waals surface area contributed by atoms with Crippen LogP contribution in [0, 0.1) is 0 Å². The summed E-state index contributed by atoms with van der Waals surface area (Å²) in [6.45, 7) is 0. The lowest BCUT2D eigenvalue weighted by Gasteiger charge is -2.18. The summed E-state index contributed by atoms with van der Waals surface area (Å²) in [4.78, 5) is 0. The van der Waals surface area contributed by atoms with Crippen molar-refractivity contribution in [1.29, 1.82) is 0 Å². The molecule has 0 unspecified atom stereocenters. The van der Waals surface area contributed by atoms with Crippen molar-refractivity contribution in [2.75, 3.05) is 0 Å². The van der Waals surface area contributed by atoms with Gasteiger partial charge in [-0.25, -0.2) is 0 Å².